The quantitative estimate of drug-likeness (QED) is 0.599. The zero-order valence-corrected chi connectivity index (χ0v) is 13.7. The highest BCUT2D eigenvalue weighted by Crippen LogP contribution is 2.35. The number of hydrogen-bond acceptors (Lipinski definition) is 1. The van der Waals surface area contributed by atoms with Crippen LogP contribution in [0.25, 0.3) is 0 Å². The molecular weight excluding hydrogens is 338 g/mol. The van der Waals surface area contributed by atoms with E-state index >= 15 is 0 Å². The Morgan fingerprint density at radius 1 is 1.00 bits per heavy atom. The molecule has 0 aliphatic carbocycles. The van der Waals surface area contributed by atoms with Crippen LogP contribution in [0.2, 0.25) is 15.1 Å². The van der Waals surface area contributed by atoms with Crippen molar-refractivity contribution >= 4 is 46.4 Å². The maximum Gasteiger partial charge on any atom is 0.123 e. The Labute approximate surface area is 138 Å². The minimum Gasteiger partial charge on any atom is -0.496 e. The molecule has 106 valence electrons. The third-order valence-corrected chi connectivity index (χ3v) is 4.29. The largest absolute Gasteiger partial charge is 0.496 e. The second-order valence-electron chi connectivity index (χ2n) is 4.31. The number of ether oxygens (including phenoxy) is 1. The number of hydrogen-bond donors (Lipinski definition) is 0. The topological polar surface area (TPSA) is 9.23 Å². The molecule has 2 aromatic carbocycles. The van der Waals surface area contributed by atoms with Crippen molar-refractivity contribution in [2.75, 3.05) is 7.11 Å². The molecule has 0 saturated heterocycles. The molecule has 2 aromatic rings. The first kappa shape index (κ1) is 15.8. The number of methoxy groups -OCH3 is 1. The van der Waals surface area contributed by atoms with E-state index in [1.54, 1.807) is 19.2 Å². The molecule has 0 radical (unpaired) electrons. The van der Waals surface area contributed by atoms with Crippen molar-refractivity contribution in [3.63, 3.8) is 0 Å². The van der Waals surface area contributed by atoms with Crippen LogP contribution in [-0.4, -0.2) is 7.11 Å². The van der Waals surface area contributed by atoms with Crippen molar-refractivity contribution in [3.8, 4) is 5.75 Å². The van der Waals surface area contributed by atoms with Gasteiger partial charge in [0.25, 0.3) is 0 Å². The van der Waals surface area contributed by atoms with Crippen molar-refractivity contribution < 1.29 is 4.74 Å². The van der Waals surface area contributed by atoms with E-state index in [0.29, 0.717) is 21.5 Å². The maximum absolute atomic E-state index is 6.47. The van der Waals surface area contributed by atoms with Crippen LogP contribution in [0.15, 0.2) is 36.4 Å². The molecule has 1 atom stereocenters. The molecule has 0 heterocycles. The van der Waals surface area contributed by atoms with Gasteiger partial charge < -0.3 is 4.74 Å². The van der Waals surface area contributed by atoms with Crippen LogP contribution in [0, 0.1) is 0 Å². The fourth-order valence-corrected chi connectivity index (χ4v) is 2.78. The third kappa shape index (κ3) is 3.73. The molecule has 20 heavy (non-hydrogen) atoms. The molecule has 1 unspecified atom stereocenters. The van der Waals surface area contributed by atoms with E-state index < -0.39 is 0 Å². The first-order chi connectivity index (χ1) is 9.51. The Bertz CT molecular complexity index is 613. The summed E-state index contributed by atoms with van der Waals surface area (Å²) in [6, 6.07) is 10.9. The van der Waals surface area contributed by atoms with E-state index in [4.69, 9.17) is 51.1 Å². The van der Waals surface area contributed by atoms with E-state index in [-0.39, 0.29) is 5.38 Å². The third-order valence-electron chi connectivity index (χ3n) is 2.93. The van der Waals surface area contributed by atoms with Gasteiger partial charge in [-0.05, 0) is 42.3 Å². The summed E-state index contributed by atoms with van der Waals surface area (Å²) in [6.07, 6.45) is 0.606. The number of rotatable bonds is 4. The Morgan fingerprint density at radius 3 is 2.40 bits per heavy atom. The first-order valence-corrected chi connectivity index (χ1v) is 7.49. The van der Waals surface area contributed by atoms with Crippen molar-refractivity contribution in [2.24, 2.45) is 0 Å². The standard InChI is InChI=1S/C15H12Cl4O/c1-20-15-5-3-10(16)8-11(15)13(18)6-9-2-4-12(17)14(19)7-9/h2-5,7-8,13H,6H2,1H3. The van der Waals surface area contributed by atoms with Crippen molar-refractivity contribution in [3.05, 3.63) is 62.6 Å². The highest BCUT2D eigenvalue weighted by molar-refractivity contribution is 6.42. The predicted molar refractivity (Wildman–Crippen MR) is 86.8 cm³/mol. The summed E-state index contributed by atoms with van der Waals surface area (Å²) in [4.78, 5) is 0. The van der Waals surface area contributed by atoms with E-state index in [9.17, 15) is 0 Å². The normalized spacial score (nSPS) is 12.2. The zero-order valence-electron chi connectivity index (χ0n) is 10.7. The summed E-state index contributed by atoms with van der Waals surface area (Å²) in [6.45, 7) is 0. The second-order valence-corrected chi connectivity index (χ2v) is 6.08. The van der Waals surface area contributed by atoms with Gasteiger partial charge in [0.2, 0.25) is 0 Å². The smallest absolute Gasteiger partial charge is 0.123 e. The van der Waals surface area contributed by atoms with Crippen LogP contribution in [0.5, 0.6) is 5.75 Å². The van der Waals surface area contributed by atoms with Gasteiger partial charge in [0.05, 0.1) is 22.5 Å². The van der Waals surface area contributed by atoms with Gasteiger partial charge in [-0.2, -0.15) is 0 Å². The monoisotopic (exact) mass is 348 g/mol. The van der Waals surface area contributed by atoms with Gasteiger partial charge in [-0.1, -0.05) is 40.9 Å². The summed E-state index contributed by atoms with van der Waals surface area (Å²) < 4.78 is 5.31. The summed E-state index contributed by atoms with van der Waals surface area (Å²) in [5.74, 6) is 0.717. The van der Waals surface area contributed by atoms with Gasteiger partial charge in [-0.15, -0.1) is 11.6 Å². The fraction of sp³-hybridized carbons (Fsp3) is 0.200. The van der Waals surface area contributed by atoms with Crippen LogP contribution in [0.3, 0.4) is 0 Å². The molecule has 0 spiro atoms. The number of halogens is 4. The van der Waals surface area contributed by atoms with Gasteiger partial charge in [0.1, 0.15) is 5.75 Å². The summed E-state index contributed by atoms with van der Waals surface area (Å²) in [5, 5.41) is 1.41. The van der Waals surface area contributed by atoms with Crippen LogP contribution in [0.1, 0.15) is 16.5 Å². The average Bonchev–Trinajstić information content (AvgIpc) is 2.43. The molecular formula is C15H12Cl4O. The molecule has 0 amide bonds. The van der Waals surface area contributed by atoms with Gasteiger partial charge in [0.15, 0.2) is 0 Å². The molecule has 0 N–H and O–H groups in total. The lowest BCUT2D eigenvalue weighted by Gasteiger charge is -2.15. The van der Waals surface area contributed by atoms with E-state index in [1.807, 2.05) is 24.3 Å². The van der Waals surface area contributed by atoms with Crippen LogP contribution in [0.4, 0.5) is 0 Å². The number of benzene rings is 2. The van der Waals surface area contributed by atoms with E-state index in [0.717, 1.165) is 16.9 Å². The van der Waals surface area contributed by atoms with Gasteiger partial charge in [0, 0.05) is 10.6 Å². The second kappa shape index (κ2) is 6.91. The summed E-state index contributed by atoms with van der Waals surface area (Å²) in [7, 11) is 1.61. The lowest BCUT2D eigenvalue weighted by molar-refractivity contribution is 0.409. The van der Waals surface area contributed by atoms with Gasteiger partial charge >= 0.3 is 0 Å². The molecule has 1 nitrogen and oxygen atoms in total. The predicted octanol–water partition coefficient (Wildman–Crippen LogP) is 6.18. The highest BCUT2D eigenvalue weighted by atomic mass is 35.5. The Morgan fingerprint density at radius 2 is 1.75 bits per heavy atom. The molecule has 0 bridgehead atoms. The number of alkyl halides is 1. The minimum absolute atomic E-state index is 0.263. The van der Waals surface area contributed by atoms with Crippen LogP contribution >= 0.6 is 46.4 Å². The van der Waals surface area contributed by atoms with Crippen molar-refractivity contribution in [1.82, 2.24) is 0 Å². The molecule has 2 rings (SSSR count). The van der Waals surface area contributed by atoms with E-state index in [1.165, 1.54) is 0 Å². The molecule has 0 aliphatic heterocycles. The SMILES string of the molecule is COc1ccc(Cl)cc1C(Cl)Cc1ccc(Cl)c(Cl)c1. The molecule has 0 saturated carbocycles. The summed E-state index contributed by atoms with van der Waals surface area (Å²) in [5.41, 5.74) is 1.86. The molecule has 5 heteroatoms. The van der Waals surface area contributed by atoms with E-state index in [2.05, 4.69) is 0 Å². The average molecular weight is 350 g/mol. The van der Waals surface area contributed by atoms with Crippen molar-refractivity contribution in [2.45, 2.75) is 11.8 Å². The highest BCUT2D eigenvalue weighted by Gasteiger charge is 2.15. The molecule has 0 aromatic heterocycles. The lowest BCUT2D eigenvalue weighted by Crippen LogP contribution is -1.99. The Hall–Kier alpha value is -0.600. The van der Waals surface area contributed by atoms with Gasteiger partial charge in [-0.25, -0.2) is 0 Å². The summed E-state index contributed by atoms with van der Waals surface area (Å²) >= 11 is 24.4. The maximum atomic E-state index is 6.47. The van der Waals surface area contributed by atoms with Crippen molar-refractivity contribution in [1.29, 1.82) is 0 Å². The first-order valence-electron chi connectivity index (χ1n) is 5.92. The van der Waals surface area contributed by atoms with Gasteiger partial charge in [-0.3, -0.25) is 0 Å². The zero-order chi connectivity index (χ0) is 14.7. The Balaban J connectivity index is 2.25. The molecule has 0 fully saturated rings. The Kier molecular flexibility index (Phi) is 5.45. The van der Waals surface area contributed by atoms with Crippen LogP contribution in [-0.2, 0) is 6.42 Å². The lowest BCUT2D eigenvalue weighted by atomic mass is 10.0. The van der Waals surface area contributed by atoms with Crippen LogP contribution < -0.4 is 4.74 Å². The minimum atomic E-state index is -0.263. The molecule has 0 aliphatic rings. The fourth-order valence-electron chi connectivity index (χ4n) is 1.93.